The summed E-state index contributed by atoms with van der Waals surface area (Å²) in [5.74, 6) is -0.220. The maximum atomic E-state index is 13.5. The predicted octanol–water partition coefficient (Wildman–Crippen LogP) is 2.48. The fourth-order valence-electron chi connectivity index (χ4n) is 1.61. The zero-order valence-corrected chi connectivity index (χ0v) is 9.37. The average molecular weight is 219 g/mol. The van der Waals surface area contributed by atoms with Gasteiger partial charge in [-0.25, -0.2) is 4.39 Å². The molecule has 0 unspecified atom stereocenters. The molecule has 0 bridgehead atoms. The first-order valence-corrected chi connectivity index (χ1v) is 5.14. The summed E-state index contributed by atoms with van der Waals surface area (Å²) in [4.78, 5) is 0. The summed E-state index contributed by atoms with van der Waals surface area (Å²) in [6.07, 6.45) is 1.73. The van der Waals surface area contributed by atoms with Crippen LogP contribution in [0.4, 0.5) is 10.1 Å². The Bertz CT molecular complexity index is 471. The first-order chi connectivity index (χ1) is 7.68. The Morgan fingerprint density at radius 3 is 2.81 bits per heavy atom. The van der Waals surface area contributed by atoms with Gasteiger partial charge in [-0.05, 0) is 24.6 Å². The van der Waals surface area contributed by atoms with Gasteiger partial charge in [0.25, 0.3) is 0 Å². The lowest BCUT2D eigenvalue weighted by molar-refractivity contribution is 0.628. The smallest absolute Gasteiger partial charge is 0.146 e. The Morgan fingerprint density at radius 2 is 2.19 bits per heavy atom. The topological polar surface area (TPSA) is 29.9 Å². The summed E-state index contributed by atoms with van der Waals surface area (Å²) in [5.41, 5.74) is 2.48. The number of para-hydroxylation sites is 1. The molecule has 84 valence electrons. The van der Waals surface area contributed by atoms with Crippen molar-refractivity contribution >= 4 is 5.69 Å². The van der Waals surface area contributed by atoms with Crippen LogP contribution in [0.25, 0.3) is 0 Å². The summed E-state index contributed by atoms with van der Waals surface area (Å²) >= 11 is 0. The first-order valence-electron chi connectivity index (χ1n) is 5.14. The number of nitrogens with zero attached hydrogens (tertiary/aromatic N) is 2. The van der Waals surface area contributed by atoms with E-state index in [1.807, 2.05) is 26.1 Å². The lowest BCUT2D eigenvalue weighted by atomic mass is 10.2. The molecule has 0 aliphatic rings. The van der Waals surface area contributed by atoms with E-state index in [1.54, 1.807) is 16.9 Å². The molecular weight excluding hydrogens is 205 g/mol. The molecule has 0 atom stereocenters. The van der Waals surface area contributed by atoms with Crippen molar-refractivity contribution < 1.29 is 4.39 Å². The molecule has 2 rings (SSSR count). The number of hydrogen-bond acceptors (Lipinski definition) is 2. The monoisotopic (exact) mass is 219 g/mol. The first kappa shape index (κ1) is 10.7. The number of nitrogens with one attached hydrogen (secondary N) is 1. The Balaban J connectivity index is 2.14. The van der Waals surface area contributed by atoms with Gasteiger partial charge < -0.3 is 5.32 Å². The second kappa shape index (κ2) is 4.35. The minimum Gasteiger partial charge on any atom is -0.377 e. The van der Waals surface area contributed by atoms with Crippen LogP contribution < -0.4 is 5.32 Å². The van der Waals surface area contributed by atoms with Gasteiger partial charge in [0.1, 0.15) is 5.82 Å². The van der Waals surface area contributed by atoms with Gasteiger partial charge >= 0.3 is 0 Å². The molecule has 0 saturated carbocycles. The van der Waals surface area contributed by atoms with E-state index in [-0.39, 0.29) is 5.82 Å². The van der Waals surface area contributed by atoms with Gasteiger partial charge in [-0.2, -0.15) is 5.10 Å². The summed E-state index contributed by atoms with van der Waals surface area (Å²) < 4.78 is 15.3. The van der Waals surface area contributed by atoms with E-state index >= 15 is 0 Å². The van der Waals surface area contributed by atoms with E-state index < -0.39 is 0 Å². The number of anilines is 1. The summed E-state index contributed by atoms with van der Waals surface area (Å²) in [7, 11) is 1.87. The summed E-state index contributed by atoms with van der Waals surface area (Å²) in [5, 5.41) is 7.15. The largest absolute Gasteiger partial charge is 0.377 e. The Labute approximate surface area is 93.9 Å². The number of benzene rings is 1. The SMILES string of the molecule is Cc1cccc(F)c1NCc1ccnn1C. The number of hydrogen-bond donors (Lipinski definition) is 1. The van der Waals surface area contributed by atoms with Gasteiger partial charge in [-0.3, -0.25) is 4.68 Å². The van der Waals surface area contributed by atoms with Crippen LogP contribution in [0.15, 0.2) is 30.5 Å². The summed E-state index contributed by atoms with van der Waals surface area (Å²) in [6, 6.07) is 6.95. The Hall–Kier alpha value is -1.84. The number of aromatic nitrogens is 2. The zero-order valence-electron chi connectivity index (χ0n) is 9.37. The minimum atomic E-state index is -0.220. The standard InChI is InChI=1S/C12H14FN3/c1-9-4-3-5-11(13)12(9)14-8-10-6-7-15-16(10)2/h3-7,14H,8H2,1-2H3. The molecule has 3 nitrogen and oxygen atoms in total. The van der Waals surface area contributed by atoms with Crippen molar-refractivity contribution in [2.24, 2.45) is 7.05 Å². The van der Waals surface area contributed by atoms with Crippen molar-refractivity contribution in [3.8, 4) is 0 Å². The molecule has 0 radical (unpaired) electrons. The highest BCUT2D eigenvalue weighted by molar-refractivity contribution is 5.51. The molecule has 0 aliphatic carbocycles. The van der Waals surface area contributed by atoms with Crippen LogP contribution in [0.2, 0.25) is 0 Å². The van der Waals surface area contributed by atoms with E-state index in [0.717, 1.165) is 11.3 Å². The third-order valence-electron chi connectivity index (χ3n) is 2.59. The van der Waals surface area contributed by atoms with Crippen molar-refractivity contribution in [3.05, 3.63) is 47.5 Å². The molecule has 4 heteroatoms. The maximum absolute atomic E-state index is 13.5. The fourth-order valence-corrected chi connectivity index (χ4v) is 1.61. The van der Waals surface area contributed by atoms with E-state index in [2.05, 4.69) is 10.4 Å². The van der Waals surface area contributed by atoms with Crippen molar-refractivity contribution in [1.29, 1.82) is 0 Å². The molecule has 0 saturated heterocycles. The van der Waals surface area contributed by atoms with Crippen LogP contribution in [0.5, 0.6) is 0 Å². The molecule has 0 spiro atoms. The Morgan fingerprint density at radius 1 is 1.38 bits per heavy atom. The second-order valence-corrected chi connectivity index (χ2v) is 3.73. The molecule has 0 amide bonds. The normalized spacial score (nSPS) is 10.4. The van der Waals surface area contributed by atoms with Crippen LogP contribution in [0.3, 0.4) is 0 Å². The second-order valence-electron chi connectivity index (χ2n) is 3.73. The van der Waals surface area contributed by atoms with Gasteiger partial charge in [0, 0.05) is 13.2 Å². The highest BCUT2D eigenvalue weighted by Crippen LogP contribution is 2.19. The molecule has 2 aromatic rings. The predicted molar refractivity (Wildman–Crippen MR) is 61.7 cm³/mol. The molecule has 1 heterocycles. The molecule has 0 aliphatic heterocycles. The molecule has 1 N–H and O–H groups in total. The van der Waals surface area contributed by atoms with Crippen LogP contribution in [0, 0.1) is 12.7 Å². The van der Waals surface area contributed by atoms with Gasteiger partial charge in [-0.15, -0.1) is 0 Å². The van der Waals surface area contributed by atoms with Gasteiger partial charge in [-0.1, -0.05) is 12.1 Å². The lowest BCUT2D eigenvalue weighted by Gasteiger charge is -2.10. The van der Waals surface area contributed by atoms with Crippen molar-refractivity contribution in [2.45, 2.75) is 13.5 Å². The highest BCUT2D eigenvalue weighted by Gasteiger charge is 2.05. The van der Waals surface area contributed by atoms with Crippen molar-refractivity contribution in [3.63, 3.8) is 0 Å². The number of halogens is 1. The average Bonchev–Trinajstić information content (AvgIpc) is 2.64. The van der Waals surface area contributed by atoms with Crippen LogP contribution >= 0.6 is 0 Å². The highest BCUT2D eigenvalue weighted by atomic mass is 19.1. The van der Waals surface area contributed by atoms with Crippen molar-refractivity contribution in [2.75, 3.05) is 5.32 Å². The van der Waals surface area contributed by atoms with Gasteiger partial charge in [0.15, 0.2) is 0 Å². The Kier molecular flexibility index (Phi) is 2.90. The molecule has 1 aromatic carbocycles. The number of rotatable bonds is 3. The van der Waals surface area contributed by atoms with E-state index in [0.29, 0.717) is 12.2 Å². The quantitative estimate of drug-likeness (QED) is 0.859. The van der Waals surface area contributed by atoms with Gasteiger partial charge in [0.05, 0.1) is 17.9 Å². The van der Waals surface area contributed by atoms with E-state index in [1.165, 1.54) is 6.07 Å². The van der Waals surface area contributed by atoms with Crippen LogP contribution in [-0.2, 0) is 13.6 Å². The zero-order chi connectivity index (χ0) is 11.5. The molecule has 1 aromatic heterocycles. The lowest BCUT2D eigenvalue weighted by Crippen LogP contribution is -2.07. The van der Waals surface area contributed by atoms with Crippen molar-refractivity contribution in [1.82, 2.24) is 9.78 Å². The maximum Gasteiger partial charge on any atom is 0.146 e. The minimum absolute atomic E-state index is 0.220. The fraction of sp³-hybridized carbons (Fsp3) is 0.250. The third kappa shape index (κ3) is 2.05. The van der Waals surface area contributed by atoms with Crippen LogP contribution in [0.1, 0.15) is 11.3 Å². The third-order valence-corrected chi connectivity index (χ3v) is 2.59. The molecule has 16 heavy (non-hydrogen) atoms. The summed E-state index contributed by atoms with van der Waals surface area (Å²) in [6.45, 7) is 2.45. The van der Waals surface area contributed by atoms with Gasteiger partial charge in [0.2, 0.25) is 0 Å². The number of aryl methyl sites for hydroxylation is 2. The molecule has 0 fully saturated rings. The van der Waals surface area contributed by atoms with E-state index in [9.17, 15) is 4.39 Å². The molecular formula is C12H14FN3. The van der Waals surface area contributed by atoms with Crippen LogP contribution in [-0.4, -0.2) is 9.78 Å². The van der Waals surface area contributed by atoms with E-state index in [4.69, 9.17) is 0 Å².